The molecule has 1 unspecified atom stereocenters. The first kappa shape index (κ1) is 20.0. The SMILES string of the molecule is COC(C=Cc1ccc2[nH]nc(-c3cccc(S(N)(=O)=O)c3)c2c1)c1ccccc1. The standard InChI is InChI=1S/C23H21N3O3S/c1-29-22(17-6-3-2-4-7-17)13-11-16-10-12-21-20(14-16)23(26-25-21)18-8-5-9-19(15-18)30(24,27)28/h2-15,22H,1H3,(H,25,26)(H2,24,27,28). The molecule has 7 heteroatoms. The van der Waals surface area contributed by atoms with E-state index in [0.29, 0.717) is 11.3 Å². The maximum Gasteiger partial charge on any atom is 0.238 e. The average molecular weight is 420 g/mol. The molecule has 0 aliphatic carbocycles. The molecular weight excluding hydrogens is 398 g/mol. The second-order valence-corrected chi connectivity index (χ2v) is 8.44. The Morgan fingerprint density at radius 1 is 1.03 bits per heavy atom. The first-order valence-corrected chi connectivity index (χ1v) is 10.9. The van der Waals surface area contributed by atoms with E-state index in [2.05, 4.69) is 10.2 Å². The van der Waals surface area contributed by atoms with Gasteiger partial charge >= 0.3 is 0 Å². The Bertz CT molecular complexity index is 1310. The third kappa shape index (κ3) is 4.18. The molecule has 4 aromatic rings. The Hall–Kier alpha value is -3.26. The van der Waals surface area contributed by atoms with E-state index in [1.54, 1.807) is 13.2 Å². The number of ether oxygens (including phenoxy) is 1. The van der Waals surface area contributed by atoms with Crippen LogP contribution in [0.2, 0.25) is 0 Å². The van der Waals surface area contributed by atoms with Gasteiger partial charge in [-0.3, -0.25) is 5.10 Å². The minimum Gasteiger partial charge on any atom is -0.373 e. The Balaban J connectivity index is 1.70. The molecule has 0 fully saturated rings. The number of sulfonamides is 1. The molecule has 1 atom stereocenters. The van der Waals surface area contributed by atoms with Crippen LogP contribution in [0.1, 0.15) is 17.2 Å². The lowest BCUT2D eigenvalue weighted by Gasteiger charge is -2.11. The van der Waals surface area contributed by atoms with Crippen LogP contribution < -0.4 is 5.14 Å². The molecule has 0 aliphatic heterocycles. The summed E-state index contributed by atoms with van der Waals surface area (Å²) in [5.74, 6) is 0. The number of fused-ring (bicyclic) bond motifs is 1. The van der Waals surface area contributed by atoms with Crippen molar-refractivity contribution < 1.29 is 13.2 Å². The molecule has 1 heterocycles. The molecule has 3 N–H and O–H groups in total. The van der Waals surface area contributed by atoms with Crippen LogP contribution in [0.4, 0.5) is 0 Å². The topological polar surface area (TPSA) is 98.1 Å². The summed E-state index contributed by atoms with van der Waals surface area (Å²) < 4.78 is 29.0. The number of H-pyrrole nitrogens is 1. The summed E-state index contributed by atoms with van der Waals surface area (Å²) in [4.78, 5) is 0.0537. The molecule has 0 radical (unpaired) electrons. The largest absolute Gasteiger partial charge is 0.373 e. The maximum absolute atomic E-state index is 11.7. The fourth-order valence-corrected chi connectivity index (χ4v) is 3.90. The van der Waals surface area contributed by atoms with Crippen molar-refractivity contribution in [3.8, 4) is 11.3 Å². The highest BCUT2D eigenvalue weighted by atomic mass is 32.2. The zero-order valence-electron chi connectivity index (χ0n) is 16.3. The van der Waals surface area contributed by atoms with E-state index in [4.69, 9.17) is 9.88 Å². The summed E-state index contributed by atoms with van der Waals surface area (Å²) in [6.45, 7) is 0. The number of primary sulfonamides is 1. The number of nitrogens with one attached hydrogen (secondary N) is 1. The zero-order valence-corrected chi connectivity index (χ0v) is 17.1. The average Bonchev–Trinajstić information content (AvgIpc) is 3.18. The molecule has 152 valence electrons. The van der Waals surface area contributed by atoms with E-state index in [0.717, 1.165) is 22.0 Å². The number of methoxy groups -OCH3 is 1. The zero-order chi connectivity index (χ0) is 21.1. The predicted molar refractivity (Wildman–Crippen MR) is 118 cm³/mol. The van der Waals surface area contributed by atoms with Crippen molar-refractivity contribution >= 4 is 27.0 Å². The molecule has 1 aromatic heterocycles. The number of aromatic amines is 1. The summed E-state index contributed by atoms with van der Waals surface area (Å²) >= 11 is 0. The molecule has 3 aromatic carbocycles. The highest BCUT2D eigenvalue weighted by Crippen LogP contribution is 2.29. The number of aromatic nitrogens is 2. The van der Waals surface area contributed by atoms with Crippen LogP contribution in [0.15, 0.2) is 83.8 Å². The molecule has 0 amide bonds. The Morgan fingerprint density at radius 2 is 1.83 bits per heavy atom. The first-order valence-electron chi connectivity index (χ1n) is 9.33. The second-order valence-electron chi connectivity index (χ2n) is 6.88. The molecule has 0 saturated carbocycles. The summed E-state index contributed by atoms with van der Waals surface area (Å²) in [6.07, 6.45) is 3.84. The van der Waals surface area contributed by atoms with Crippen LogP contribution in [0.5, 0.6) is 0 Å². The molecule has 4 rings (SSSR count). The van der Waals surface area contributed by atoms with Crippen molar-refractivity contribution in [2.45, 2.75) is 11.0 Å². The summed E-state index contributed by atoms with van der Waals surface area (Å²) in [5.41, 5.74) is 4.24. The molecule has 0 spiro atoms. The fourth-order valence-electron chi connectivity index (χ4n) is 3.34. The van der Waals surface area contributed by atoms with Gasteiger partial charge in [0.05, 0.1) is 16.1 Å². The van der Waals surface area contributed by atoms with Gasteiger partial charge in [0.25, 0.3) is 0 Å². The number of hydrogen-bond acceptors (Lipinski definition) is 4. The molecule has 0 saturated heterocycles. The van der Waals surface area contributed by atoms with Crippen molar-refractivity contribution in [1.29, 1.82) is 0 Å². The lowest BCUT2D eigenvalue weighted by atomic mass is 10.0. The number of hydrogen-bond donors (Lipinski definition) is 2. The van der Waals surface area contributed by atoms with Gasteiger partial charge in [0.1, 0.15) is 6.10 Å². The molecular formula is C23H21N3O3S. The predicted octanol–water partition coefficient (Wildman–Crippen LogP) is 4.28. The summed E-state index contributed by atoms with van der Waals surface area (Å²) in [6, 6.07) is 22.4. The van der Waals surface area contributed by atoms with Gasteiger partial charge in [-0.05, 0) is 35.4 Å². The highest BCUT2D eigenvalue weighted by Gasteiger charge is 2.13. The minimum atomic E-state index is -3.79. The van der Waals surface area contributed by atoms with Crippen molar-refractivity contribution in [1.82, 2.24) is 10.2 Å². The fraction of sp³-hybridized carbons (Fsp3) is 0.0870. The van der Waals surface area contributed by atoms with Crippen LogP contribution in [0, 0.1) is 0 Å². The quantitative estimate of drug-likeness (QED) is 0.487. The Morgan fingerprint density at radius 3 is 2.57 bits per heavy atom. The van der Waals surface area contributed by atoms with Gasteiger partial charge in [-0.15, -0.1) is 0 Å². The molecule has 6 nitrogen and oxygen atoms in total. The van der Waals surface area contributed by atoms with Crippen LogP contribution in [0.25, 0.3) is 28.2 Å². The smallest absolute Gasteiger partial charge is 0.238 e. The van der Waals surface area contributed by atoms with E-state index in [1.807, 2.05) is 66.7 Å². The van der Waals surface area contributed by atoms with Crippen molar-refractivity contribution in [3.05, 3.63) is 90.0 Å². The van der Waals surface area contributed by atoms with E-state index < -0.39 is 10.0 Å². The lowest BCUT2D eigenvalue weighted by Crippen LogP contribution is -2.11. The van der Waals surface area contributed by atoms with Crippen LogP contribution in [0.3, 0.4) is 0 Å². The van der Waals surface area contributed by atoms with E-state index in [-0.39, 0.29) is 11.0 Å². The Labute approximate surface area is 175 Å². The van der Waals surface area contributed by atoms with Gasteiger partial charge in [-0.25, -0.2) is 13.6 Å². The van der Waals surface area contributed by atoms with E-state index in [9.17, 15) is 8.42 Å². The van der Waals surface area contributed by atoms with Crippen LogP contribution >= 0.6 is 0 Å². The van der Waals surface area contributed by atoms with Crippen LogP contribution in [-0.4, -0.2) is 25.7 Å². The van der Waals surface area contributed by atoms with E-state index in [1.165, 1.54) is 12.1 Å². The van der Waals surface area contributed by atoms with Crippen molar-refractivity contribution in [2.75, 3.05) is 7.11 Å². The molecule has 0 aliphatic rings. The monoisotopic (exact) mass is 419 g/mol. The Kier molecular flexibility index (Phi) is 5.50. The van der Waals surface area contributed by atoms with Gasteiger partial charge in [0, 0.05) is 18.1 Å². The third-order valence-corrected chi connectivity index (χ3v) is 5.78. The van der Waals surface area contributed by atoms with Crippen molar-refractivity contribution in [3.63, 3.8) is 0 Å². The van der Waals surface area contributed by atoms with E-state index >= 15 is 0 Å². The molecule has 0 bridgehead atoms. The first-order chi connectivity index (χ1) is 14.5. The lowest BCUT2D eigenvalue weighted by molar-refractivity contribution is 0.143. The molecule has 30 heavy (non-hydrogen) atoms. The van der Waals surface area contributed by atoms with Gasteiger partial charge < -0.3 is 4.74 Å². The second kappa shape index (κ2) is 8.23. The van der Waals surface area contributed by atoms with Gasteiger partial charge in [-0.1, -0.05) is 60.7 Å². The third-order valence-electron chi connectivity index (χ3n) is 4.87. The minimum absolute atomic E-state index is 0.0537. The number of nitrogens with two attached hydrogens (primary N) is 1. The normalized spacial score (nSPS) is 13.1. The summed E-state index contributed by atoms with van der Waals surface area (Å²) in [5, 5.41) is 13.5. The van der Waals surface area contributed by atoms with Gasteiger partial charge in [-0.2, -0.15) is 5.10 Å². The summed E-state index contributed by atoms with van der Waals surface area (Å²) in [7, 11) is -2.11. The van der Waals surface area contributed by atoms with Crippen LogP contribution in [-0.2, 0) is 14.8 Å². The number of rotatable bonds is 6. The maximum atomic E-state index is 11.7. The van der Waals surface area contributed by atoms with Gasteiger partial charge in [0.15, 0.2) is 0 Å². The number of benzene rings is 3. The van der Waals surface area contributed by atoms with Gasteiger partial charge in [0.2, 0.25) is 10.0 Å². The number of nitrogens with zero attached hydrogens (tertiary/aromatic N) is 1. The van der Waals surface area contributed by atoms with Crippen molar-refractivity contribution in [2.24, 2.45) is 5.14 Å². The highest BCUT2D eigenvalue weighted by molar-refractivity contribution is 7.89.